The quantitative estimate of drug-likeness (QED) is 0.153. The summed E-state index contributed by atoms with van der Waals surface area (Å²) in [5.74, 6) is -0.397. The van der Waals surface area contributed by atoms with E-state index in [2.05, 4.69) is 30.7 Å². The molecule has 4 rings (SSSR count). The fourth-order valence-electron chi connectivity index (χ4n) is 5.99. The molecule has 0 spiro atoms. The van der Waals surface area contributed by atoms with Gasteiger partial charge in [-0.25, -0.2) is 19.8 Å². The number of carbonyl (C=O) groups is 3. The summed E-state index contributed by atoms with van der Waals surface area (Å²) in [6.07, 6.45) is 1.59. The molecular weight excluding hydrogens is 552 g/mol. The van der Waals surface area contributed by atoms with Gasteiger partial charge < -0.3 is 14.2 Å². The van der Waals surface area contributed by atoms with Crippen molar-refractivity contribution in [2.45, 2.75) is 67.2 Å². The summed E-state index contributed by atoms with van der Waals surface area (Å²) < 4.78 is 19.3. The topological polar surface area (TPSA) is 123 Å². The van der Waals surface area contributed by atoms with Crippen LogP contribution < -0.4 is 4.68 Å². The summed E-state index contributed by atoms with van der Waals surface area (Å²) in [7, 11) is 0. The third kappa shape index (κ3) is 7.22. The number of aromatic amines is 1. The number of carbonyl (C=O) groups excluding carboxylic acids is 3. The van der Waals surface area contributed by atoms with Gasteiger partial charge in [-0.05, 0) is 56.0 Å². The molecule has 0 saturated heterocycles. The lowest BCUT2D eigenvalue weighted by atomic mass is 9.75. The zero-order valence-corrected chi connectivity index (χ0v) is 25.8. The van der Waals surface area contributed by atoms with Gasteiger partial charge in [-0.2, -0.15) is 4.85 Å². The zero-order chi connectivity index (χ0) is 31.3. The minimum absolute atomic E-state index is 0.0230. The zero-order valence-electron chi connectivity index (χ0n) is 25.8. The van der Waals surface area contributed by atoms with E-state index in [-0.39, 0.29) is 67.9 Å². The number of H-pyrrole nitrogens is 1. The maximum absolute atomic E-state index is 13.9. The molecule has 0 bridgehead atoms. The van der Waals surface area contributed by atoms with Crippen molar-refractivity contribution in [1.29, 1.82) is 0 Å². The molecule has 3 aromatic rings. The van der Waals surface area contributed by atoms with Crippen LogP contribution in [0.4, 0.5) is 5.82 Å². The van der Waals surface area contributed by atoms with Gasteiger partial charge in [-0.3, -0.25) is 9.59 Å². The molecular formula is C31H41N6O6+. The first kappa shape index (κ1) is 31.7. The summed E-state index contributed by atoms with van der Waals surface area (Å²) in [6.45, 7) is 19.6. The molecule has 2 aromatic heterocycles. The predicted octanol–water partition coefficient (Wildman–Crippen LogP) is 4.09. The van der Waals surface area contributed by atoms with E-state index in [4.69, 9.17) is 25.8 Å². The first-order chi connectivity index (χ1) is 20.6. The fraction of sp³-hybridized carbons (Fsp3) is 0.548. The van der Waals surface area contributed by atoms with Crippen LogP contribution in [0.2, 0.25) is 0 Å². The molecule has 2 heterocycles. The van der Waals surface area contributed by atoms with Gasteiger partial charge in [0.25, 0.3) is 0 Å². The number of hydrogen-bond acceptors (Lipinski definition) is 8. The molecule has 43 heavy (non-hydrogen) atoms. The van der Waals surface area contributed by atoms with E-state index in [1.165, 1.54) is 14.2 Å². The molecule has 2 atom stereocenters. The predicted molar refractivity (Wildman–Crippen MR) is 157 cm³/mol. The van der Waals surface area contributed by atoms with Crippen LogP contribution in [-0.4, -0.2) is 69.9 Å². The van der Waals surface area contributed by atoms with Crippen molar-refractivity contribution < 1.29 is 33.3 Å². The van der Waals surface area contributed by atoms with Crippen molar-refractivity contribution in [3.05, 3.63) is 46.8 Å². The van der Waals surface area contributed by atoms with Gasteiger partial charge in [0.1, 0.15) is 25.8 Å². The Hall–Kier alpha value is -4.24. The second-order valence-corrected chi connectivity index (χ2v) is 11.4. The number of hydrogen-bond donors (Lipinski definition) is 1. The van der Waals surface area contributed by atoms with Crippen molar-refractivity contribution in [1.82, 2.24) is 19.6 Å². The van der Waals surface area contributed by atoms with Gasteiger partial charge in [0.15, 0.2) is 11.4 Å². The third-order valence-electron chi connectivity index (χ3n) is 7.76. The first-order valence-corrected chi connectivity index (χ1v) is 14.8. The summed E-state index contributed by atoms with van der Waals surface area (Å²) in [5, 5.41) is 3.20. The highest BCUT2D eigenvalue weighted by Gasteiger charge is 2.40. The molecule has 1 aromatic carbocycles. The van der Waals surface area contributed by atoms with Gasteiger partial charge >= 0.3 is 23.7 Å². The molecule has 1 N–H and O–H groups in total. The number of aryl methyl sites for hydroxylation is 1. The highest BCUT2D eigenvalue weighted by Crippen LogP contribution is 2.36. The van der Waals surface area contributed by atoms with Gasteiger partial charge in [-0.15, -0.1) is 0 Å². The van der Waals surface area contributed by atoms with Crippen LogP contribution in [0, 0.1) is 31.2 Å². The van der Waals surface area contributed by atoms with Gasteiger partial charge in [0.05, 0.1) is 13.2 Å². The van der Waals surface area contributed by atoms with Crippen molar-refractivity contribution in [2.75, 3.05) is 26.3 Å². The maximum atomic E-state index is 13.9. The Kier molecular flexibility index (Phi) is 10.2. The van der Waals surface area contributed by atoms with E-state index < -0.39 is 17.9 Å². The smallest absolute Gasteiger partial charge is 0.463 e. The maximum Gasteiger partial charge on any atom is 0.463 e. The van der Waals surface area contributed by atoms with E-state index >= 15 is 0 Å². The van der Waals surface area contributed by atoms with Crippen LogP contribution in [0.3, 0.4) is 0 Å². The molecule has 12 nitrogen and oxygen atoms in total. The van der Waals surface area contributed by atoms with Crippen LogP contribution in [0.5, 0.6) is 0 Å². The first-order valence-electron chi connectivity index (χ1n) is 14.8. The Morgan fingerprint density at radius 2 is 1.63 bits per heavy atom. The lowest BCUT2D eigenvalue weighted by molar-refractivity contribution is -0.767. The highest BCUT2D eigenvalue weighted by molar-refractivity contribution is 6.00. The number of nitrogens with zero attached hydrogens (tertiary/aromatic N) is 5. The summed E-state index contributed by atoms with van der Waals surface area (Å²) in [4.78, 5) is 48.7. The molecule has 1 saturated carbocycles. The van der Waals surface area contributed by atoms with Gasteiger partial charge in [-0.1, -0.05) is 55.3 Å². The monoisotopic (exact) mass is 593 g/mol. The van der Waals surface area contributed by atoms with Crippen LogP contribution in [0.15, 0.2) is 24.3 Å². The lowest BCUT2D eigenvalue weighted by Crippen LogP contribution is -2.51. The second-order valence-electron chi connectivity index (χ2n) is 11.4. The molecule has 2 unspecified atom stereocenters. The second kappa shape index (κ2) is 13.8. The van der Waals surface area contributed by atoms with Crippen molar-refractivity contribution in [2.24, 2.45) is 17.8 Å². The Bertz CT molecular complexity index is 1470. The number of esters is 3. The van der Waals surface area contributed by atoms with Crippen molar-refractivity contribution in [3.63, 3.8) is 0 Å². The van der Waals surface area contributed by atoms with Gasteiger partial charge in [0.2, 0.25) is 12.3 Å². The molecule has 230 valence electrons. The number of ether oxygens (including phenoxy) is 3. The summed E-state index contributed by atoms with van der Waals surface area (Å²) in [5.41, 5.74) is 2.09. The molecule has 0 amide bonds. The van der Waals surface area contributed by atoms with E-state index in [1.807, 2.05) is 31.2 Å². The third-order valence-corrected chi connectivity index (χ3v) is 7.76. The van der Waals surface area contributed by atoms with E-state index in [0.29, 0.717) is 11.7 Å². The average Bonchev–Trinajstić information content (AvgIpc) is 3.48. The van der Waals surface area contributed by atoms with Crippen LogP contribution >= 0.6 is 0 Å². The summed E-state index contributed by atoms with van der Waals surface area (Å²) >= 11 is 0. The van der Waals surface area contributed by atoms with Crippen molar-refractivity contribution >= 4 is 29.4 Å². The molecule has 1 aliphatic carbocycles. The molecule has 0 aliphatic heterocycles. The number of rotatable bonds is 11. The molecule has 1 aliphatic rings. The van der Waals surface area contributed by atoms with Crippen molar-refractivity contribution in [3.8, 4) is 11.4 Å². The number of aromatic nitrogens is 4. The van der Waals surface area contributed by atoms with Crippen LogP contribution in [0.1, 0.15) is 63.4 Å². The Morgan fingerprint density at radius 1 is 1.05 bits per heavy atom. The van der Waals surface area contributed by atoms with E-state index in [0.717, 1.165) is 24.0 Å². The highest BCUT2D eigenvalue weighted by atomic mass is 16.5. The normalized spacial score (nSPS) is 20.1. The number of fused-ring (bicyclic) bond motifs is 1. The SMILES string of the molecule is [C-]#[N+]c1c(C(=O)OC2C(C)CC(C)CC2C)c2nc(-c3ccc(C)cc3)[nH]n2[n+]1CN(CC(=O)OCC)CC(=O)OCC. The minimum Gasteiger partial charge on any atom is -0.465 e. The Labute approximate surface area is 251 Å². The molecule has 1 fully saturated rings. The van der Waals surface area contributed by atoms with E-state index in [9.17, 15) is 14.4 Å². The average molecular weight is 594 g/mol. The Morgan fingerprint density at radius 3 is 2.16 bits per heavy atom. The lowest BCUT2D eigenvalue weighted by Gasteiger charge is -2.37. The minimum atomic E-state index is -0.634. The largest absolute Gasteiger partial charge is 0.465 e. The molecule has 0 radical (unpaired) electrons. The van der Waals surface area contributed by atoms with Crippen LogP contribution in [0.25, 0.3) is 21.9 Å². The summed E-state index contributed by atoms with van der Waals surface area (Å²) in [6, 6.07) is 7.72. The Balaban J connectivity index is 1.80. The van der Waals surface area contributed by atoms with E-state index in [1.54, 1.807) is 13.8 Å². The number of benzene rings is 1. The number of nitrogens with one attached hydrogen (secondary N) is 1. The standard InChI is InChI=1S/C31H40N6O6/c1-8-41-24(38)16-35(17-25(39)42-9-2)18-36-29(32-7)26(31(40)43-27-21(5)14-20(4)15-22(27)6)30-33-28(34-37(30)36)23-12-10-19(3)11-13-23/h10-13,20-22,27H,8-9,14-18H2,1-6H3/p+1. The van der Waals surface area contributed by atoms with Crippen LogP contribution in [-0.2, 0) is 30.5 Å². The fourth-order valence-corrected chi connectivity index (χ4v) is 5.99. The van der Waals surface area contributed by atoms with Gasteiger partial charge in [0, 0.05) is 5.56 Å². The molecule has 12 heteroatoms.